The summed E-state index contributed by atoms with van der Waals surface area (Å²) in [4.78, 5) is 0. The molecule has 0 bridgehead atoms. The quantitative estimate of drug-likeness (QED) is 0.200. The Morgan fingerprint density at radius 2 is 1.02 bits per heavy atom. The maximum Gasteiger partial charge on any atom is 0.0788 e. The van der Waals surface area contributed by atoms with Gasteiger partial charge in [0.25, 0.3) is 0 Å². The predicted molar refractivity (Wildman–Crippen MR) is 178 cm³/mol. The Balaban J connectivity index is 1.53. The molecule has 0 aliphatic carbocycles. The van der Waals surface area contributed by atoms with Crippen LogP contribution in [0.1, 0.15) is 0 Å². The van der Waals surface area contributed by atoms with Gasteiger partial charge in [-0.1, -0.05) is 127 Å². The van der Waals surface area contributed by atoms with E-state index in [4.69, 9.17) is 0 Å². The zero-order valence-electron chi connectivity index (χ0n) is 22.9. The van der Waals surface area contributed by atoms with E-state index in [1.165, 1.54) is 71.1 Å². The fourth-order valence-corrected chi connectivity index (χ4v) is 6.87. The van der Waals surface area contributed by atoms with Crippen molar-refractivity contribution in [1.29, 1.82) is 0 Å². The minimum absolute atomic E-state index is 1.15. The third kappa shape index (κ3) is 3.27. The van der Waals surface area contributed by atoms with E-state index in [2.05, 4.69) is 167 Å². The Labute approximate surface area is 243 Å². The maximum absolute atomic E-state index is 2.51. The second-order valence-electron chi connectivity index (χ2n) is 11.0. The topological polar surface area (TPSA) is 9.86 Å². The summed E-state index contributed by atoms with van der Waals surface area (Å²) in [6, 6.07) is 54.9. The smallest absolute Gasteiger partial charge is 0.0788 e. The summed E-state index contributed by atoms with van der Waals surface area (Å²) in [5.74, 6) is 0. The Kier molecular flexibility index (Phi) is 4.93. The average molecular weight is 535 g/mol. The number of para-hydroxylation sites is 2. The highest BCUT2D eigenvalue weighted by atomic mass is 15.0. The Bertz CT molecular complexity index is 2440. The first-order chi connectivity index (χ1) is 20.9. The van der Waals surface area contributed by atoms with Crippen LogP contribution in [0.15, 0.2) is 158 Å². The van der Waals surface area contributed by atoms with Crippen molar-refractivity contribution in [2.24, 2.45) is 0 Å². The Morgan fingerprint density at radius 1 is 0.405 bits per heavy atom. The lowest BCUT2D eigenvalue weighted by Crippen LogP contribution is -1.99. The molecule has 2 nitrogen and oxygen atoms in total. The van der Waals surface area contributed by atoms with E-state index in [1.54, 1.807) is 0 Å². The van der Waals surface area contributed by atoms with Crippen molar-refractivity contribution in [2.75, 3.05) is 0 Å². The molecule has 2 heteroatoms. The molecule has 2 aromatic heterocycles. The molecule has 7 aromatic carbocycles. The molecule has 0 fully saturated rings. The van der Waals surface area contributed by atoms with Gasteiger partial charge in [-0.2, -0.15) is 0 Å². The number of rotatable bonds is 3. The number of fused-ring (bicyclic) bond motifs is 8. The van der Waals surface area contributed by atoms with Crippen LogP contribution in [0.5, 0.6) is 0 Å². The molecule has 0 aliphatic heterocycles. The highest BCUT2D eigenvalue weighted by Crippen LogP contribution is 2.43. The van der Waals surface area contributed by atoms with Crippen molar-refractivity contribution in [3.05, 3.63) is 158 Å². The van der Waals surface area contributed by atoms with Gasteiger partial charge in [0.1, 0.15) is 0 Å². The van der Waals surface area contributed by atoms with Crippen LogP contribution >= 0.6 is 0 Å². The molecule has 9 rings (SSSR count). The summed E-state index contributed by atoms with van der Waals surface area (Å²) in [6.45, 7) is 0. The van der Waals surface area contributed by atoms with E-state index < -0.39 is 0 Å². The average Bonchev–Trinajstić information content (AvgIpc) is 3.62. The molecular weight excluding hydrogens is 508 g/mol. The minimum atomic E-state index is 1.15. The molecule has 0 amide bonds. The molecule has 0 N–H and O–H groups in total. The van der Waals surface area contributed by atoms with E-state index in [-0.39, 0.29) is 0 Å². The summed E-state index contributed by atoms with van der Waals surface area (Å²) in [6.07, 6.45) is 2.31. The van der Waals surface area contributed by atoms with Gasteiger partial charge in [-0.3, -0.25) is 0 Å². The first-order valence-corrected chi connectivity index (χ1v) is 14.5. The standard InChI is InChI=1S/C40H26N2/c1-3-13-27(14-4-1)36-26-41(29-16-5-2-6-17-29)39-35(36)24-23-34-33-21-11-12-22-37(33)42(40(34)39)38-25-28-15-7-8-18-30(28)31-19-9-10-20-32(31)38/h1-26H. The van der Waals surface area contributed by atoms with Crippen molar-refractivity contribution in [3.8, 4) is 22.5 Å². The maximum atomic E-state index is 2.51. The number of hydrogen-bond donors (Lipinski definition) is 0. The molecule has 0 radical (unpaired) electrons. The monoisotopic (exact) mass is 534 g/mol. The molecule has 0 unspecified atom stereocenters. The van der Waals surface area contributed by atoms with E-state index >= 15 is 0 Å². The highest BCUT2D eigenvalue weighted by molar-refractivity contribution is 6.22. The molecule has 0 atom stereocenters. The summed E-state index contributed by atoms with van der Waals surface area (Å²) in [7, 11) is 0. The molecule has 9 aromatic rings. The second-order valence-corrected chi connectivity index (χ2v) is 11.0. The van der Waals surface area contributed by atoms with Crippen LogP contribution < -0.4 is 0 Å². The van der Waals surface area contributed by atoms with E-state index in [0.717, 1.165) is 5.69 Å². The third-order valence-electron chi connectivity index (χ3n) is 8.71. The SMILES string of the molecule is c1ccc(-c2cn(-c3ccccc3)c3c2ccc2c4ccccc4n(-c4cc5ccccc5c5ccccc45)c23)cc1. The lowest BCUT2D eigenvalue weighted by atomic mass is 10.00. The van der Waals surface area contributed by atoms with Gasteiger partial charge in [0, 0.05) is 39.0 Å². The first-order valence-electron chi connectivity index (χ1n) is 14.5. The van der Waals surface area contributed by atoms with Gasteiger partial charge in [0.05, 0.1) is 22.2 Å². The van der Waals surface area contributed by atoms with Crippen LogP contribution in [-0.2, 0) is 0 Å². The van der Waals surface area contributed by atoms with Crippen LogP contribution in [0.25, 0.3) is 76.8 Å². The predicted octanol–water partition coefficient (Wildman–Crippen LogP) is 10.7. The summed E-state index contributed by atoms with van der Waals surface area (Å²) in [5.41, 5.74) is 8.45. The zero-order valence-corrected chi connectivity index (χ0v) is 22.9. The molecule has 0 saturated carbocycles. The van der Waals surface area contributed by atoms with Crippen molar-refractivity contribution in [2.45, 2.75) is 0 Å². The van der Waals surface area contributed by atoms with Gasteiger partial charge in [0.15, 0.2) is 0 Å². The molecule has 0 saturated heterocycles. The van der Waals surface area contributed by atoms with Crippen molar-refractivity contribution < 1.29 is 0 Å². The van der Waals surface area contributed by atoms with Gasteiger partial charge in [-0.15, -0.1) is 0 Å². The Hall–Kier alpha value is -5.60. The molecular formula is C40H26N2. The largest absolute Gasteiger partial charge is 0.314 e. The fraction of sp³-hybridized carbons (Fsp3) is 0. The van der Waals surface area contributed by atoms with Crippen LogP contribution in [0.4, 0.5) is 0 Å². The first kappa shape index (κ1) is 23.1. The Morgan fingerprint density at radius 3 is 1.83 bits per heavy atom. The summed E-state index contributed by atoms with van der Waals surface area (Å²) < 4.78 is 4.90. The normalized spacial score (nSPS) is 11.8. The van der Waals surface area contributed by atoms with E-state index in [0.29, 0.717) is 0 Å². The van der Waals surface area contributed by atoms with Gasteiger partial charge in [-0.25, -0.2) is 0 Å². The lowest BCUT2D eigenvalue weighted by molar-refractivity contribution is 1.12. The summed E-state index contributed by atoms with van der Waals surface area (Å²) >= 11 is 0. The molecule has 2 heterocycles. The van der Waals surface area contributed by atoms with E-state index in [1.807, 2.05) is 0 Å². The van der Waals surface area contributed by atoms with Crippen molar-refractivity contribution in [3.63, 3.8) is 0 Å². The van der Waals surface area contributed by atoms with Crippen LogP contribution in [-0.4, -0.2) is 9.13 Å². The fourth-order valence-electron chi connectivity index (χ4n) is 6.87. The number of hydrogen-bond acceptors (Lipinski definition) is 0. The second kappa shape index (κ2) is 8.95. The number of benzene rings is 7. The van der Waals surface area contributed by atoms with Gasteiger partial charge >= 0.3 is 0 Å². The van der Waals surface area contributed by atoms with E-state index in [9.17, 15) is 0 Å². The van der Waals surface area contributed by atoms with Gasteiger partial charge < -0.3 is 9.13 Å². The number of aromatic nitrogens is 2. The van der Waals surface area contributed by atoms with Gasteiger partial charge in [0.2, 0.25) is 0 Å². The number of nitrogens with zero attached hydrogens (tertiary/aromatic N) is 2. The van der Waals surface area contributed by atoms with Crippen LogP contribution in [0.2, 0.25) is 0 Å². The van der Waals surface area contributed by atoms with Crippen molar-refractivity contribution >= 4 is 54.3 Å². The molecule has 0 spiro atoms. The summed E-state index contributed by atoms with van der Waals surface area (Å²) in [5, 5.41) is 8.80. The van der Waals surface area contributed by atoms with Crippen molar-refractivity contribution in [1.82, 2.24) is 9.13 Å². The van der Waals surface area contributed by atoms with Crippen LogP contribution in [0, 0.1) is 0 Å². The zero-order chi connectivity index (χ0) is 27.6. The minimum Gasteiger partial charge on any atom is -0.314 e. The highest BCUT2D eigenvalue weighted by Gasteiger charge is 2.22. The third-order valence-corrected chi connectivity index (χ3v) is 8.71. The molecule has 196 valence electrons. The molecule has 0 aliphatic rings. The lowest BCUT2D eigenvalue weighted by Gasteiger charge is -2.15. The van der Waals surface area contributed by atoms with Gasteiger partial charge in [-0.05, 0) is 46.0 Å². The molecule has 42 heavy (non-hydrogen) atoms. The van der Waals surface area contributed by atoms with Crippen LogP contribution in [0.3, 0.4) is 0 Å².